The van der Waals surface area contributed by atoms with Crippen LogP contribution in [-0.4, -0.2) is 22.4 Å². The van der Waals surface area contributed by atoms with Gasteiger partial charge in [0.25, 0.3) is 5.95 Å². The van der Waals surface area contributed by atoms with Crippen LogP contribution in [0, 0.1) is 0 Å². The first-order chi connectivity index (χ1) is 9.70. The zero-order valence-electron chi connectivity index (χ0n) is 10.6. The molecule has 6 heteroatoms. The Labute approximate surface area is 115 Å². The van der Waals surface area contributed by atoms with Crippen molar-refractivity contribution in [1.29, 1.82) is 0 Å². The van der Waals surface area contributed by atoms with Crippen molar-refractivity contribution in [3.05, 3.63) is 59.9 Å². The van der Waals surface area contributed by atoms with E-state index >= 15 is 0 Å². The second-order valence-electron chi connectivity index (χ2n) is 4.38. The third kappa shape index (κ3) is 2.82. The quantitative estimate of drug-likeness (QED) is 0.706. The summed E-state index contributed by atoms with van der Waals surface area (Å²) < 4.78 is 10.0. The van der Waals surface area contributed by atoms with Crippen molar-refractivity contribution in [2.75, 3.05) is 0 Å². The number of hydrogen-bond donors (Lipinski definition) is 2. The van der Waals surface area contributed by atoms with E-state index < -0.39 is 7.32 Å². The van der Waals surface area contributed by atoms with Gasteiger partial charge in [0.1, 0.15) is 5.58 Å². The van der Waals surface area contributed by atoms with Crippen LogP contribution in [0.2, 0.25) is 0 Å². The van der Waals surface area contributed by atoms with Gasteiger partial charge in [-0.05, 0) is 29.8 Å². The Morgan fingerprint density at radius 3 is 2.80 bits per heavy atom. The summed E-state index contributed by atoms with van der Waals surface area (Å²) in [7, 11) is -1.89. The van der Waals surface area contributed by atoms with Crippen molar-refractivity contribution in [2.45, 2.75) is 6.42 Å². The molecule has 5 nitrogen and oxygen atoms in total. The molecule has 0 atom stereocenters. The van der Waals surface area contributed by atoms with Gasteiger partial charge >= 0.3 is 7.32 Å². The van der Waals surface area contributed by atoms with Crippen LogP contribution >= 0.6 is 0 Å². The second-order valence-corrected chi connectivity index (χ2v) is 4.38. The van der Waals surface area contributed by atoms with Crippen LogP contribution in [0.3, 0.4) is 0 Å². The molecule has 0 bridgehead atoms. The molecule has 0 spiro atoms. The van der Waals surface area contributed by atoms with E-state index in [2.05, 4.69) is 9.64 Å². The lowest BCUT2D eigenvalue weighted by Crippen LogP contribution is -2.20. The lowest BCUT2D eigenvalue weighted by atomic mass is 10.1. The van der Waals surface area contributed by atoms with Gasteiger partial charge in [-0.3, -0.25) is 4.98 Å². The number of hydrogen-bond acceptors (Lipinski definition) is 5. The first kappa shape index (κ1) is 12.7. The largest absolute Gasteiger partial charge is 0.709 e. The second kappa shape index (κ2) is 5.36. The lowest BCUT2D eigenvalue weighted by molar-refractivity contribution is 0.257. The van der Waals surface area contributed by atoms with Crippen molar-refractivity contribution in [3.63, 3.8) is 0 Å². The average molecular weight is 269 g/mol. The minimum Gasteiger partial charge on any atom is -0.484 e. The molecule has 0 amide bonds. The maximum Gasteiger partial charge on any atom is 0.709 e. The number of pyridine rings is 1. The zero-order valence-corrected chi connectivity index (χ0v) is 10.6. The van der Waals surface area contributed by atoms with Crippen molar-refractivity contribution >= 4 is 18.3 Å². The van der Waals surface area contributed by atoms with E-state index in [0.29, 0.717) is 5.58 Å². The third-order valence-corrected chi connectivity index (χ3v) is 2.89. The molecule has 2 N–H and O–H groups in total. The summed E-state index contributed by atoms with van der Waals surface area (Å²) in [6.07, 6.45) is 2.49. The minimum absolute atomic E-state index is 0.0741. The van der Waals surface area contributed by atoms with E-state index in [9.17, 15) is 0 Å². The maximum absolute atomic E-state index is 8.75. The van der Waals surface area contributed by atoms with E-state index in [-0.39, 0.29) is 5.95 Å². The van der Waals surface area contributed by atoms with E-state index in [1.165, 1.54) is 0 Å². The first-order valence-electron chi connectivity index (χ1n) is 6.16. The summed E-state index contributed by atoms with van der Waals surface area (Å²) in [6, 6.07) is 13.2. The van der Waals surface area contributed by atoms with E-state index in [1.54, 1.807) is 12.3 Å². The molecular formula is C14H12BNO4. The lowest BCUT2D eigenvalue weighted by Gasteiger charge is -2.00. The van der Waals surface area contributed by atoms with E-state index in [0.717, 1.165) is 23.1 Å². The summed E-state index contributed by atoms with van der Waals surface area (Å²) in [5.41, 5.74) is 2.70. The minimum atomic E-state index is -1.89. The fourth-order valence-corrected chi connectivity index (χ4v) is 2.05. The molecule has 100 valence electrons. The monoisotopic (exact) mass is 269 g/mol. The van der Waals surface area contributed by atoms with Gasteiger partial charge < -0.3 is 19.1 Å². The molecule has 0 aliphatic carbocycles. The molecule has 0 aliphatic rings. The predicted molar refractivity (Wildman–Crippen MR) is 74.1 cm³/mol. The zero-order chi connectivity index (χ0) is 13.9. The number of benzene rings is 1. The van der Waals surface area contributed by atoms with Crippen molar-refractivity contribution in [2.24, 2.45) is 0 Å². The number of furan rings is 1. The molecule has 1 aromatic carbocycles. The molecule has 0 radical (unpaired) electrons. The number of nitrogens with zero attached hydrogens (tertiary/aromatic N) is 1. The van der Waals surface area contributed by atoms with Crippen molar-refractivity contribution < 1.29 is 19.1 Å². The molecule has 0 saturated carbocycles. The molecule has 3 rings (SSSR count). The molecule has 0 aliphatic heterocycles. The number of rotatable bonds is 4. The van der Waals surface area contributed by atoms with Gasteiger partial charge in [-0.1, -0.05) is 12.1 Å². The van der Waals surface area contributed by atoms with Gasteiger partial charge in [0, 0.05) is 29.8 Å². The third-order valence-electron chi connectivity index (χ3n) is 2.89. The van der Waals surface area contributed by atoms with Crippen LogP contribution in [0.1, 0.15) is 11.3 Å². The van der Waals surface area contributed by atoms with Gasteiger partial charge in [-0.15, -0.1) is 0 Å². The Balaban J connectivity index is 1.86. The van der Waals surface area contributed by atoms with Gasteiger partial charge in [0.05, 0.1) is 0 Å². The fraction of sp³-hybridized carbons (Fsp3) is 0.0714. The van der Waals surface area contributed by atoms with Crippen LogP contribution < -0.4 is 4.65 Å². The highest BCUT2D eigenvalue weighted by molar-refractivity contribution is 6.33. The molecule has 2 heterocycles. The standard InChI is InChI=1S/C14H12BNO4/c17-15(18)20-14-9-11-7-10(4-5-13(11)19-14)8-12-3-1-2-6-16-12/h1-7,9,17-18H,8H2. The summed E-state index contributed by atoms with van der Waals surface area (Å²) in [4.78, 5) is 4.28. The van der Waals surface area contributed by atoms with Gasteiger partial charge in [-0.2, -0.15) is 0 Å². The average Bonchev–Trinajstić information content (AvgIpc) is 2.80. The smallest absolute Gasteiger partial charge is 0.484 e. The highest BCUT2D eigenvalue weighted by Crippen LogP contribution is 2.26. The van der Waals surface area contributed by atoms with Crippen molar-refractivity contribution in [1.82, 2.24) is 4.98 Å². The number of fused-ring (bicyclic) bond motifs is 1. The van der Waals surface area contributed by atoms with Crippen LogP contribution in [0.15, 0.2) is 53.1 Å². The summed E-state index contributed by atoms with van der Waals surface area (Å²) in [5.74, 6) is 0.0741. The SMILES string of the molecule is OB(O)Oc1cc2cc(Cc3ccccn3)ccc2o1. The van der Waals surface area contributed by atoms with Crippen LogP contribution in [0.4, 0.5) is 0 Å². The molecule has 0 unspecified atom stereocenters. The van der Waals surface area contributed by atoms with Crippen LogP contribution in [0.5, 0.6) is 5.95 Å². The Morgan fingerprint density at radius 1 is 1.15 bits per heavy atom. The molecular weight excluding hydrogens is 257 g/mol. The summed E-state index contributed by atoms with van der Waals surface area (Å²) >= 11 is 0. The Hall–Kier alpha value is -2.31. The predicted octanol–water partition coefficient (Wildman–Crippen LogP) is 1.77. The van der Waals surface area contributed by atoms with E-state index in [1.807, 2.05) is 36.4 Å². The van der Waals surface area contributed by atoms with Gasteiger partial charge in [-0.25, -0.2) is 0 Å². The molecule has 2 aromatic heterocycles. The summed E-state index contributed by atoms with van der Waals surface area (Å²) in [5, 5.41) is 18.3. The van der Waals surface area contributed by atoms with Gasteiger partial charge in [0.15, 0.2) is 0 Å². The van der Waals surface area contributed by atoms with Crippen LogP contribution in [-0.2, 0) is 6.42 Å². The Kier molecular flexibility index (Phi) is 3.41. The highest BCUT2D eigenvalue weighted by atomic mass is 16.7. The maximum atomic E-state index is 8.75. The normalized spacial score (nSPS) is 10.7. The first-order valence-corrected chi connectivity index (χ1v) is 6.16. The number of aromatic nitrogens is 1. The van der Waals surface area contributed by atoms with Crippen LogP contribution in [0.25, 0.3) is 11.0 Å². The molecule has 20 heavy (non-hydrogen) atoms. The van der Waals surface area contributed by atoms with Gasteiger partial charge in [0.2, 0.25) is 0 Å². The molecule has 3 aromatic rings. The molecule has 0 saturated heterocycles. The fourth-order valence-electron chi connectivity index (χ4n) is 2.05. The van der Waals surface area contributed by atoms with E-state index in [4.69, 9.17) is 14.5 Å². The van der Waals surface area contributed by atoms with Crippen molar-refractivity contribution in [3.8, 4) is 5.95 Å². The highest BCUT2D eigenvalue weighted by Gasteiger charge is 2.15. The summed E-state index contributed by atoms with van der Waals surface area (Å²) in [6.45, 7) is 0. The topological polar surface area (TPSA) is 75.7 Å². The Bertz CT molecular complexity index is 712. The Morgan fingerprint density at radius 2 is 2.05 bits per heavy atom. The molecule has 0 fully saturated rings.